The van der Waals surface area contributed by atoms with Gasteiger partial charge >= 0.3 is 6.18 Å². The zero-order valence-electron chi connectivity index (χ0n) is 9.41. The van der Waals surface area contributed by atoms with Crippen molar-refractivity contribution in [1.82, 2.24) is 4.98 Å². The Kier molecular flexibility index (Phi) is 3.33. The van der Waals surface area contributed by atoms with Crippen LogP contribution in [0.25, 0.3) is 11.1 Å². The third-order valence-electron chi connectivity index (χ3n) is 2.49. The average Bonchev–Trinajstić information content (AvgIpc) is 2.37. The lowest BCUT2D eigenvalue weighted by atomic mass is 10.0. The molecule has 0 atom stereocenters. The number of carbonyl (C=O) groups is 1. The second-order valence-electron chi connectivity index (χ2n) is 3.77. The zero-order valence-corrected chi connectivity index (χ0v) is 9.41. The van der Waals surface area contributed by atoms with E-state index in [1.54, 1.807) is 0 Å². The molecule has 0 saturated heterocycles. The first-order valence-electron chi connectivity index (χ1n) is 5.21. The zero-order chi connectivity index (χ0) is 14.0. The third kappa shape index (κ3) is 2.78. The maximum Gasteiger partial charge on any atom is 0.416 e. The van der Waals surface area contributed by atoms with E-state index >= 15 is 0 Å². The molecule has 0 spiro atoms. The minimum atomic E-state index is -4.50. The van der Waals surface area contributed by atoms with Crippen molar-refractivity contribution in [2.45, 2.75) is 6.18 Å². The largest absolute Gasteiger partial charge is 0.416 e. The van der Waals surface area contributed by atoms with Gasteiger partial charge in [-0.25, -0.2) is 4.98 Å². The Morgan fingerprint density at radius 3 is 2.42 bits per heavy atom. The van der Waals surface area contributed by atoms with E-state index in [0.29, 0.717) is 6.29 Å². The average molecular weight is 269 g/mol. The van der Waals surface area contributed by atoms with Crippen LogP contribution in [0.2, 0.25) is 0 Å². The number of nitrogens with zero attached hydrogens (tertiary/aromatic N) is 1. The molecule has 0 unspecified atom stereocenters. The van der Waals surface area contributed by atoms with Gasteiger partial charge in [-0.1, -0.05) is 12.1 Å². The van der Waals surface area contributed by atoms with E-state index in [1.807, 2.05) is 0 Å². The molecule has 0 aliphatic heterocycles. The van der Waals surface area contributed by atoms with Crippen LogP contribution in [0.4, 0.5) is 17.6 Å². The lowest BCUT2D eigenvalue weighted by Gasteiger charge is -2.09. The summed E-state index contributed by atoms with van der Waals surface area (Å²) in [6.45, 7) is 0. The van der Waals surface area contributed by atoms with Gasteiger partial charge in [0.25, 0.3) is 0 Å². The van der Waals surface area contributed by atoms with Gasteiger partial charge in [0.15, 0.2) is 6.29 Å². The van der Waals surface area contributed by atoms with Gasteiger partial charge in [-0.05, 0) is 29.8 Å². The quantitative estimate of drug-likeness (QED) is 0.472. The van der Waals surface area contributed by atoms with Gasteiger partial charge < -0.3 is 0 Å². The number of hydrogen-bond acceptors (Lipinski definition) is 2. The molecule has 19 heavy (non-hydrogen) atoms. The van der Waals surface area contributed by atoms with Crippen LogP contribution in [-0.4, -0.2) is 11.3 Å². The normalized spacial score (nSPS) is 11.4. The smallest absolute Gasteiger partial charge is 0.296 e. The van der Waals surface area contributed by atoms with Crippen molar-refractivity contribution >= 4 is 6.29 Å². The van der Waals surface area contributed by atoms with Gasteiger partial charge in [0.1, 0.15) is 5.69 Å². The topological polar surface area (TPSA) is 30.0 Å². The molecular formula is C13H7F4NO. The van der Waals surface area contributed by atoms with Crippen molar-refractivity contribution in [1.29, 1.82) is 0 Å². The Balaban J connectivity index is 2.50. The third-order valence-corrected chi connectivity index (χ3v) is 2.49. The summed E-state index contributed by atoms with van der Waals surface area (Å²) in [5.74, 6) is -0.982. The highest BCUT2D eigenvalue weighted by Gasteiger charge is 2.30. The van der Waals surface area contributed by atoms with Crippen LogP contribution in [0.5, 0.6) is 0 Å². The summed E-state index contributed by atoms with van der Waals surface area (Å²) in [6.07, 6.45) is -4.14. The molecule has 0 fully saturated rings. The molecule has 2 rings (SSSR count). The summed E-state index contributed by atoms with van der Waals surface area (Å²) >= 11 is 0. The van der Waals surface area contributed by atoms with Crippen LogP contribution in [0.15, 0.2) is 36.4 Å². The summed E-state index contributed by atoms with van der Waals surface area (Å²) in [7, 11) is 0. The molecule has 2 aromatic rings. The number of benzene rings is 1. The maximum atomic E-state index is 13.6. The van der Waals surface area contributed by atoms with Gasteiger partial charge in [-0.3, -0.25) is 4.79 Å². The minimum Gasteiger partial charge on any atom is -0.296 e. The minimum absolute atomic E-state index is 0.0530. The number of carbonyl (C=O) groups excluding carboxylic acids is 1. The van der Waals surface area contributed by atoms with E-state index in [0.717, 1.165) is 12.1 Å². The highest BCUT2D eigenvalue weighted by molar-refractivity contribution is 5.73. The SMILES string of the molecule is O=Cc1ccc(-c2cccc(C(F)(F)F)c2)c(F)n1. The fraction of sp³-hybridized carbons (Fsp3) is 0.0769. The Hall–Kier alpha value is -2.24. The predicted octanol–water partition coefficient (Wildman–Crippen LogP) is 3.72. The molecule has 0 saturated carbocycles. The molecular weight excluding hydrogens is 262 g/mol. The Morgan fingerprint density at radius 1 is 1.11 bits per heavy atom. The Bertz CT molecular complexity index is 622. The van der Waals surface area contributed by atoms with Crippen LogP contribution in [0, 0.1) is 5.95 Å². The van der Waals surface area contributed by atoms with Gasteiger partial charge in [0.2, 0.25) is 5.95 Å². The molecule has 0 bridgehead atoms. The summed E-state index contributed by atoms with van der Waals surface area (Å²) in [6, 6.07) is 6.73. The van der Waals surface area contributed by atoms with Crippen molar-refractivity contribution in [3.63, 3.8) is 0 Å². The summed E-state index contributed by atoms with van der Waals surface area (Å²) in [4.78, 5) is 13.8. The molecule has 0 amide bonds. The molecule has 0 N–H and O–H groups in total. The van der Waals surface area contributed by atoms with Crippen molar-refractivity contribution in [2.75, 3.05) is 0 Å². The molecule has 1 aromatic heterocycles. The highest BCUT2D eigenvalue weighted by atomic mass is 19.4. The number of rotatable bonds is 2. The number of pyridine rings is 1. The van der Waals surface area contributed by atoms with Gasteiger partial charge in [0.05, 0.1) is 5.56 Å². The fourth-order valence-corrected chi connectivity index (χ4v) is 1.59. The molecule has 1 heterocycles. The number of hydrogen-bond donors (Lipinski definition) is 0. The van der Waals surface area contributed by atoms with Gasteiger partial charge in [-0.15, -0.1) is 0 Å². The van der Waals surface area contributed by atoms with E-state index in [4.69, 9.17) is 0 Å². The highest BCUT2D eigenvalue weighted by Crippen LogP contribution is 2.32. The van der Waals surface area contributed by atoms with E-state index in [9.17, 15) is 22.4 Å². The molecule has 0 aliphatic carbocycles. The van der Waals surface area contributed by atoms with Crippen LogP contribution >= 0.6 is 0 Å². The molecule has 1 aromatic carbocycles. The van der Waals surface area contributed by atoms with Crippen molar-refractivity contribution < 1.29 is 22.4 Å². The van der Waals surface area contributed by atoms with Crippen molar-refractivity contribution in [3.8, 4) is 11.1 Å². The van der Waals surface area contributed by atoms with Crippen molar-refractivity contribution in [3.05, 3.63) is 53.6 Å². The monoisotopic (exact) mass is 269 g/mol. The maximum absolute atomic E-state index is 13.6. The summed E-state index contributed by atoms with van der Waals surface area (Å²) in [5.41, 5.74) is -1.02. The number of aromatic nitrogens is 1. The standard InChI is InChI=1S/C13H7F4NO/c14-12-11(5-4-10(7-19)18-12)8-2-1-3-9(6-8)13(15,16)17/h1-7H. The second kappa shape index (κ2) is 4.79. The molecule has 2 nitrogen and oxygen atoms in total. The fourth-order valence-electron chi connectivity index (χ4n) is 1.59. The summed E-state index contributed by atoms with van der Waals surface area (Å²) < 4.78 is 51.2. The molecule has 98 valence electrons. The first kappa shape index (κ1) is 13.2. The Labute approximate surface area is 105 Å². The van der Waals surface area contributed by atoms with E-state index in [2.05, 4.69) is 4.98 Å². The molecule has 0 aliphatic rings. The van der Waals surface area contributed by atoms with Gasteiger partial charge in [0, 0.05) is 5.56 Å². The van der Waals surface area contributed by atoms with Crippen LogP contribution in [0.1, 0.15) is 16.1 Å². The second-order valence-corrected chi connectivity index (χ2v) is 3.77. The predicted molar refractivity (Wildman–Crippen MR) is 60.0 cm³/mol. The lowest BCUT2D eigenvalue weighted by Crippen LogP contribution is -2.04. The lowest BCUT2D eigenvalue weighted by molar-refractivity contribution is -0.137. The molecule has 6 heteroatoms. The van der Waals surface area contributed by atoms with E-state index in [1.165, 1.54) is 24.3 Å². The van der Waals surface area contributed by atoms with Crippen molar-refractivity contribution in [2.24, 2.45) is 0 Å². The molecule has 0 radical (unpaired) electrons. The van der Waals surface area contributed by atoms with Crippen LogP contribution < -0.4 is 0 Å². The first-order chi connectivity index (χ1) is 8.91. The van der Waals surface area contributed by atoms with Crippen LogP contribution in [0.3, 0.4) is 0 Å². The number of alkyl halides is 3. The number of halogens is 4. The van der Waals surface area contributed by atoms with E-state index < -0.39 is 17.7 Å². The van der Waals surface area contributed by atoms with Crippen LogP contribution in [-0.2, 0) is 6.18 Å². The van der Waals surface area contributed by atoms with Gasteiger partial charge in [-0.2, -0.15) is 17.6 Å². The van der Waals surface area contributed by atoms with E-state index in [-0.39, 0.29) is 16.8 Å². The Morgan fingerprint density at radius 2 is 1.84 bits per heavy atom. The number of aldehydes is 1. The summed E-state index contributed by atoms with van der Waals surface area (Å²) in [5, 5.41) is 0. The first-order valence-corrected chi connectivity index (χ1v) is 5.21.